The van der Waals surface area contributed by atoms with E-state index in [-0.39, 0.29) is 24.0 Å². The van der Waals surface area contributed by atoms with E-state index in [1.54, 1.807) is 7.05 Å². The first-order valence-corrected chi connectivity index (χ1v) is 6.63. The summed E-state index contributed by atoms with van der Waals surface area (Å²) in [7, 11) is 1.77. The average molecular weight is 391 g/mol. The molecule has 0 saturated carbocycles. The molecule has 0 radical (unpaired) electrons. The highest BCUT2D eigenvalue weighted by Crippen LogP contribution is 2.05. The second-order valence-electron chi connectivity index (χ2n) is 4.84. The molecule has 6 heteroatoms. The zero-order valence-electron chi connectivity index (χ0n) is 12.8. The molecule has 0 saturated heterocycles. The quantitative estimate of drug-likeness (QED) is 0.338. The minimum absolute atomic E-state index is 0. The van der Waals surface area contributed by atoms with Gasteiger partial charge < -0.3 is 10.6 Å². The summed E-state index contributed by atoms with van der Waals surface area (Å²) in [5.41, 5.74) is 2.28. The fraction of sp³-hybridized carbons (Fsp3) is 0.571. The second kappa shape index (κ2) is 9.79. The van der Waals surface area contributed by atoms with Gasteiger partial charge in [0.2, 0.25) is 0 Å². The van der Waals surface area contributed by atoms with Crippen LogP contribution in [0.3, 0.4) is 0 Å². The van der Waals surface area contributed by atoms with Crippen LogP contribution in [0.15, 0.2) is 23.7 Å². The van der Waals surface area contributed by atoms with E-state index in [0.29, 0.717) is 12.5 Å². The van der Waals surface area contributed by atoms with Gasteiger partial charge in [-0.1, -0.05) is 13.0 Å². The number of halogens is 1. The summed E-state index contributed by atoms with van der Waals surface area (Å²) in [5, 5.41) is 10.9. The number of nitrogens with one attached hydrogen (secondary N) is 2. The van der Waals surface area contributed by atoms with Crippen molar-refractivity contribution in [3.05, 3.63) is 30.1 Å². The topological polar surface area (TPSA) is 54.2 Å². The molecule has 0 aliphatic heterocycles. The average Bonchev–Trinajstić information content (AvgIpc) is 2.68. The number of aromatic nitrogens is 2. The zero-order chi connectivity index (χ0) is 14.3. The lowest BCUT2D eigenvalue weighted by Crippen LogP contribution is -2.40. The van der Waals surface area contributed by atoms with Crippen LogP contribution in [0.4, 0.5) is 0 Å². The number of hydrogen-bond acceptors (Lipinski definition) is 2. The normalized spacial score (nSPS) is 12.5. The highest BCUT2D eigenvalue weighted by atomic mass is 127. The summed E-state index contributed by atoms with van der Waals surface area (Å²) in [6.45, 7) is 12.5. The van der Waals surface area contributed by atoms with Gasteiger partial charge in [0.1, 0.15) is 0 Å². The van der Waals surface area contributed by atoms with Crippen LogP contribution < -0.4 is 10.6 Å². The predicted molar refractivity (Wildman–Crippen MR) is 95.8 cm³/mol. The van der Waals surface area contributed by atoms with Gasteiger partial charge in [0.25, 0.3) is 0 Å². The van der Waals surface area contributed by atoms with E-state index in [4.69, 9.17) is 0 Å². The summed E-state index contributed by atoms with van der Waals surface area (Å²) in [6.07, 6.45) is 1.81. The van der Waals surface area contributed by atoms with Crippen LogP contribution in [0, 0.1) is 19.8 Å². The Labute approximate surface area is 139 Å². The van der Waals surface area contributed by atoms with E-state index in [0.717, 1.165) is 24.7 Å². The molecule has 1 atom stereocenters. The van der Waals surface area contributed by atoms with Crippen LogP contribution >= 0.6 is 24.0 Å². The van der Waals surface area contributed by atoms with Crippen molar-refractivity contribution in [2.75, 3.05) is 20.1 Å². The number of aliphatic imine (C=N–C) groups is 1. The molecule has 2 N–H and O–H groups in total. The highest BCUT2D eigenvalue weighted by Gasteiger charge is 2.07. The largest absolute Gasteiger partial charge is 0.356 e. The van der Waals surface area contributed by atoms with Gasteiger partial charge in [0, 0.05) is 32.4 Å². The first-order valence-electron chi connectivity index (χ1n) is 6.63. The molecule has 0 spiro atoms. The van der Waals surface area contributed by atoms with Crippen molar-refractivity contribution in [2.45, 2.75) is 27.3 Å². The standard InChI is InChI=1S/C14H25N5.HI/c1-6-7-16-14(15-5)17-9-11(2)10-19-13(4)8-12(3)18-19;/h6,8,11H,1,7,9-10H2,2-5H3,(H2,15,16,17);1H. The Morgan fingerprint density at radius 3 is 2.70 bits per heavy atom. The third-order valence-electron chi connectivity index (χ3n) is 2.84. The van der Waals surface area contributed by atoms with Crippen molar-refractivity contribution in [2.24, 2.45) is 10.9 Å². The third-order valence-corrected chi connectivity index (χ3v) is 2.84. The van der Waals surface area contributed by atoms with Crippen LogP contribution in [0.1, 0.15) is 18.3 Å². The van der Waals surface area contributed by atoms with Gasteiger partial charge in [-0.2, -0.15) is 5.10 Å². The third kappa shape index (κ3) is 6.40. The van der Waals surface area contributed by atoms with Crippen molar-refractivity contribution in [1.82, 2.24) is 20.4 Å². The highest BCUT2D eigenvalue weighted by molar-refractivity contribution is 14.0. The fourth-order valence-electron chi connectivity index (χ4n) is 1.88. The van der Waals surface area contributed by atoms with Gasteiger partial charge in [-0.25, -0.2) is 0 Å². The molecular formula is C14H26IN5. The number of guanidine groups is 1. The second-order valence-corrected chi connectivity index (χ2v) is 4.84. The molecule has 1 heterocycles. The molecule has 0 bridgehead atoms. The molecule has 0 aliphatic rings. The summed E-state index contributed by atoms with van der Waals surface area (Å²) in [4.78, 5) is 4.15. The summed E-state index contributed by atoms with van der Waals surface area (Å²) >= 11 is 0. The first-order chi connectivity index (χ1) is 9.06. The lowest BCUT2D eigenvalue weighted by atomic mass is 10.2. The Morgan fingerprint density at radius 2 is 2.20 bits per heavy atom. The monoisotopic (exact) mass is 391 g/mol. The Balaban J connectivity index is 0.00000361. The summed E-state index contributed by atoms with van der Waals surface area (Å²) < 4.78 is 2.06. The van der Waals surface area contributed by atoms with Crippen molar-refractivity contribution in [3.63, 3.8) is 0 Å². The SMILES string of the molecule is C=CCNC(=NC)NCC(C)Cn1nc(C)cc1C.I. The smallest absolute Gasteiger partial charge is 0.191 e. The maximum atomic E-state index is 4.48. The van der Waals surface area contributed by atoms with Crippen molar-refractivity contribution in [3.8, 4) is 0 Å². The summed E-state index contributed by atoms with van der Waals surface area (Å²) in [6, 6.07) is 2.10. The zero-order valence-corrected chi connectivity index (χ0v) is 15.1. The predicted octanol–water partition coefficient (Wildman–Crippen LogP) is 2.11. The lowest BCUT2D eigenvalue weighted by molar-refractivity contribution is 0.436. The van der Waals surface area contributed by atoms with E-state index >= 15 is 0 Å². The molecule has 0 fully saturated rings. The Bertz CT molecular complexity index is 439. The van der Waals surface area contributed by atoms with E-state index in [1.165, 1.54) is 5.69 Å². The van der Waals surface area contributed by atoms with E-state index in [9.17, 15) is 0 Å². The van der Waals surface area contributed by atoms with Gasteiger partial charge >= 0.3 is 0 Å². The van der Waals surface area contributed by atoms with Crippen molar-refractivity contribution >= 4 is 29.9 Å². The first kappa shape index (κ1) is 18.9. The Morgan fingerprint density at radius 1 is 1.50 bits per heavy atom. The van der Waals surface area contributed by atoms with E-state index < -0.39 is 0 Å². The van der Waals surface area contributed by atoms with Gasteiger partial charge in [0.15, 0.2) is 5.96 Å². The van der Waals surface area contributed by atoms with Crippen LogP contribution in [0.25, 0.3) is 0 Å². The van der Waals surface area contributed by atoms with Crippen LogP contribution in [-0.4, -0.2) is 35.9 Å². The van der Waals surface area contributed by atoms with Gasteiger partial charge in [0.05, 0.1) is 5.69 Å². The molecule has 5 nitrogen and oxygen atoms in total. The molecule has 1 unspecified atom stereocenters. The van der Waals surface area contributed by atoms with Gasteiger partial charge in [-0.05, 0) is 25.8 Å². The van der Waals surface area contributed by atoms with Gasteiger partial charge in [-0.15, -0.1) is 30.6 Å². The molecule has 0 aliphatic carbocycles. The fourth-order valence-corrected chi connectivity index (χ4v) is 1.88. The minimum Gasteiger partial charge on any atom is -0.356 e. The van der Waals surface area contributed by atoms with Gasteiger partial charge in [-0.3, -0.25) is 9.67 Å². The number of hydrogen-bond donors (Lipinski definition) is 2. The molecule has 114 valence electrons. The molecule has 0 aromatic carbocycles. The molecule has 20 heavy (non-hydrogen) atoms. The molecule has 1 rings (SSSR count). The van der Waals surface area contributed by atoms with E-state index in [1.807, 2.05) is 13.0 Å². The lowest BCUT2D eigenvalue weighted by Gasteiger charge is -2.16. The molecule has 0 amide bonds. The maximum absolute atomic E-state index is 4.48. The van der Waals surface area contributed by atoms with E-state index in [2.05, 4.69) is 51.9 Å². The van der Waals surface area contributed by atoms with Crippen LogP contribution in [0.2, 0.25) is 0 Å². The van der Waals surface area contributed by atoms with Crippen molar-refractivity contribution in [1.29, 1.82) is 0 Å². The number of aryl methyl sites for hydroxylation is 2. The van der Waals surface area contributed by atoms with Crippen molar-refractivity contribution < 1.29 is 0 Å². The Kier molecular flexibility index (Phi) is 9.28. The van der Waals surface area contributed by atoms with Crippen LogP contribution in [-0.2, 0) is 6.54 Å². The number of rotatable bonds is 6. The maximum Gasteiger partial charge on any atom is 0.191 e. The van der Waals surface area contributed by atoms with Crippen LogP contribution in [0.5, 0.6) is 0 Å². The minimum atomic E-state index is 0. The molecular weight excluding hydrogens is 365 g/mol. The Hall–Kier alpha value is -1.05. The molecule has 1 aromatic heterocycles. The molecule has 1 aromatic rings. The summed E-state index contributed by atoms with van der Waals surface area (Å²) in [5.74, 6) is 1.28. The number of nitrogens with zero attached hydrogens (tertiary/aromatic N) is 3.